The third-order valence-corrected chi connectivity index (χ3v) is 5.03. The number of hydrogen-bond donors (Lipinski definition) is 1. The van der Waals surface area contributed by atoms with E-state index in [0.29, 0.717) is 12.1 Å². The normalized spacial score (nSPS) is 19.7. The molecule has 1 aromatic carbocycles. The summed E-state index contributed by atoms with van der Waals surface area (Å²) in [6.07, 6.45) is 3.94. The summed E-state index contributed by atoms with van der Waals surface area (Å²) in [5.41, 5.74) is 1.27. The Morgan fingerprint density at radius 3 is 3.00 bits per heavy atom. The third-order valence-electron chi connectivity index (χ3n) is 3.83. The second-order valence-corrected chi connectivity index (χ2v) is 6.56. The highest BCUT2D eigenvalue weighted by atomic mass is 32.2. The highest BCUT2D eigenvalue weighted by molar-refractivity contribution is 7.99. The van der Waals surface area contributed by atoms with E-state index in [-0.39, 0.29) is 0 Å². The quantitative estimate of drug-likeness (QED) is 0.735. The zero-order chi connectivity index (χ0) is 15.1. The van der Waals surface area contributed by atoms with Crippen molar-refractivity contribution >= 4 is 11.8 Å². The minimum Gasteiger partial charge on any atom is -0.496 e. The lowest BCUT2D eigenvalue weighted by Crippen LogP contribution is -2.20. The molecule has 1 fully saturated rings. The van der Waals surface area contributed by atoms with Crippen LogP contribution in [-0.4, -0.2) is 32.1 Å². The minimum atomic E-state index is 0.299. The molecular weight excluding hydrogens is 282 g/mol. The molecule has 1 aliphatic rings. The highest BCUT2D eigenvalue weighted by Gasteiger charge is 2.19. The Morgan fingerprint density at radius 2 is 2.33 bits per heavy atom. The first-order chi connectivity index (χ1) is 10.3. The maximum atomic E-state index is 5.73. The van der Waals surface area contributed by atoms with Gasteiger partial charge in [0, 0.05) is 28.9 Å². The van der Waals surface area contributed by atoms with Gasteiger partial charge in [-0.1, -0.05) is 13.0 Å². The van der Waals surface area contributed by atoms with E-state index in [1.54, 1.807) is 7.11 Å². The molecule has 2 atom stereocenters. The molecule has 0 saturated carbocycles. The van der Waals surface area contributed by atoms with Crippen molar-refractivity contribution in [3.8, 4) is 5.75 Å². The summed E-state index contributed by atoms with van der Waals surface area (Å²) in [6, 6.07) is 6.62. The summed E-state index contributed by atoms with van der Waals surface area (Å²) in [4.78, 5) is 1.31. The largest absolute Gasteiger partial charge is 0.496 e. The van der Waals surface area contributed by atoms with Crippen LogP contribution in [0.4, 0.5) is 0 Å². The van der Waals surface area contributed by atoms with E-state index >= 15 is 0 Å². The van der Waals surface area contributed by atoms with Crippen LogP contribution < -0.4 is 10.1 Å². The summed E-state index contributed by atoms with van der Waals surface area (Å²) in [7, 11) is 1.75. The first-order valence-corrected chi connectivity index (χ1v) is 8.89. The Bertz CT molecular complexity index is 433. The lowest BCUT2D eigenvalue weighted by Gasteiger charge is -2.21. The van der Waals surface area contributed by atoms with Crippen LogP contribution in [0.3, 0.4) is 0 Å². The fraction of sp³-hybridized carbons (Fsp3) is 0.647. The Hall–Kier alpha value is -0.710. The topological polar surface area (TPSA) is 30.5 Å². The molecule has 0 aromatic heterocycles. The van der Waals surface area contributed by atoms with Gasteiger partial charge in [0.2, 0.25) is 0 Å². The summed E-state index contributed by atoms with van der Waals surface area (Å²) in [5.74, 6) is 2.00. The van der Waals surface area contributed by atoms with E-state index in [9.17, 15) is 0 Å². The van der Waals surface area contributed by atoms with E-state index < -0.39 is 0 Å². The summed E-state index contributed by atoms with van der Waals surface area (Å²) < 4.78 is 11.3. The maximum absolute atomic E-state index is 5.73. The molecule has 1 aromatic rings. The standard InChI is InChI=1S/C17H27NO2S/c1-4-10-18-13(2)17-15(19-3)8-5-9-16(17)21-12-14-7-6-11-20-14/h5,8-9,13-14,18H,4,6-7,10-12H2,1-3H3. The van der Waals surface area contributed by atoms with E-state index in [0.717, 1.165) is 31.1 Å². The molecule has 0 aliphatic carbocycles. The molecule has 118 valence electrons. The number of methoxy groups -OCH3 is 1. The molecule has 1 N–H and O–H groups in total. The van der Waals surface area contributed by atoms with E-state index in [2.05, 4.69) is 37.4 Å². The van der Waals surface area contributed by atoms with Crippen molar-refractivity contribution in [1.29, 1.82) is 0 Å². The number of hydrogen-bond acceptors (Lipinski definition) is 4. The molecule has 2 unspecified atom stereocenters. The summed E-state index contributed by atoms with van der Waals surface area (Å²) in [5, 5.41) is 3.57. The number of nitrogens with one attached hydrogen (secondary N) is 1. The fourth-order valence-corrected chi connectivity index (χ4v) is 3.91. The maximum Gasteiger partial charge on any atom is 0.124 e. The van der Waals surface area contributed by atoms with Crippen LogP contribution in [0.25, 0.3) is 0 Å². The van der Waals surface area contributed by atoms with Crippen LogP contribution in [0.1, 0.15) is 44.7 Å². The van der Waals surface area contributed by atoms with Crippen molar-refractivity contribution in [2.45, 2.75) is 50.2 Å². The predicted molar refractivity (Wildman–Crippen MR) is 89.4 cm³/mol. The molecule has 0 bridgehead atoms. The Balaban J connectivity index is 2.10. The molecule has 0 amide bonds. The summed E-state index contributed by atoms with van der Waals surface area (Å²) in [6.45, 7) is 6.35. The highest BCUT2D eigenvalue weighted by Crippen LogP contribution is 2.36. The van der Waals surface area contributed by atoms with Crippen molar-refractivity contribution in [2.24, 2.45) is 0 Å². The Kier molecular flexibility index (Phi) is 6.87. The smallest absolute Gasteiger partial charge is 0.124 e. The van der Waals surface area contributed by atoms with E-state index in [1.807, 2.05) is 11.8 Å². The van der Waals surface area contributed by atoms with Gasteiger partial charge < -0.3 is 14.8 Å². The molecule has 21 heavy (non-hydrogen) atoms. The first-order valence-electron chi connectivity index (χ1n) is 7.91. The van der Waals surface area contributed by atoms with Crippen molar-refractivity contribution in [2.75, 3.05) is 26.0 Å². The van der Waals surface area contributed by atoms with Gasteiger partial charge in [-0.15, -0.1) is 11.8 Å². The summed E-state index contributed by atoms with van der Waals surface area (Å²) >= 11 is 1.89. The zero-order valence-corrected chi connectivity index (χ0v) is 14.2. The van der Waals surface area contributed by atoms with E-state index in [4.69, 9.17) is 9.47 Å². The van der Waals surface area contributed by atoms with Gasteiger partial charge >= 0.3 is 0 Å². The van der Waals surface area contributed by atoms with Crippen LogP contribution in [0.15, 0.2) is 23.1 Å². The van der Waals surface area contributed by atoms with Crippen LogP contribution in [-0.2, 0) is 4.74 Å². The molecule has 0 radical (unpaired) electrons. The molecule has 1 aliphatic heterocycles. The monoisotopic (exact) mass is 309 g/mol. The lowest BCUT2D eigenvalue weighted by molar-refractivity contribution is 0.129. The third kappa shape index (κ3) is 4.63. The van der Waals surface area contributed by atoms with Crippen molar-refractivity contribution in [3.05, 3.63) is 23.8 Å². The lowest BCUT2D eigenvalue weighted by atomic mass is 10.1. The van der Waals surface area contributed by atoms with Gasteiger partial charge in [0.15, 0.2) is 0 Å². The number of thioether (sulfide) groups is 1. The van der Waals surface area contributed by atoms with Gasteiger partial charge in [0.25, 0.3) is 0 Å². The zero-order valence-electron chi connectivity index (χ0n) is 13.4. The average Bonchev–Trinajstić information content (AvgIpc) is 3.03. The SMILES string of the molecule is CCCNC(C)c1c(OC)cccc1SCC1CCCO1. The van der Waals surface area contributed by atoms with Gasteiger partial charge in [-0.25, -0.2) is 0 Å². The number of rotatable bonds is 8. The minimum absolute atomic E-state index is 0.299. The predicted octanol–water partition coefficient (Wildman–Crippen LogP) is 4.03. The van der Waals surface area contributed by atoms with Gasteiger partial charge in [-0.05, 0) is 44.9 Å². The van der Waals surface area contributed by atoms with E-state index in [1.165, 1.54) is 23.3 Å². The molecule has 0 spiro atoms. The van der Waals surface area contributed by atoms with Crippen LogP contribution in [0, 0.1) is 0 Å². The van der Waals surface area contributed by atoms with Gasteiger partial charge in [0.1, 0.15) is 5.75 Å². The van der Waals surface area contributed by atoms with Gasteiger partial charge in [-0.2, -0.15) is 0 Å². The van der Waals surface area contributed by atoms with Crippen molar-refractivity contribution in [1.82, 2.24) is 5.32 Å². The van der Waals surface area contributed by atoms with Crippen LogP contribution in [0.5, 0.6) is 5.75 Å². The molecule has 3 nitrogen and oxygen atoms in total. The molecule has 1 saturated heterocycles. The van der Waals surface area contributed by atoms with Crippen molar-refractivity contribution < 1.29 is 9.47 Å². The Labute approximate surface area is 132 Å². The average molecular weight is 309 g/mol. The van der Waals surface area contributed by atoms with Gasteiger partial charge in [0.05, 0.1) is 13.2 Å². The van der Waals surface area contributed by atoms with Gasteiger partial charge in [-0.3, -0.25) is 0 Å². The molecule has 2 rings (SSSR count). The Morgan fingerprint density at radius 1 is 1.48 bits per heavy atom. The second-order valence-electron chi connectivity index (χ2n) is 5.49. The molecule has 1 heterocycles. The second kappa shape index (κ2) is 8.66. The van der Waals surface area contributed by atoms with Crippen LogP contribution in [0.2, 0.25) is 0 Å². The fourth-order valence-electron chi connectivity index (χ4n) is 2.68. The van der Waals surface area contributed by atoms with Crippen molar-refractivity contribution in [3.63, 3.8) is 0 Å². The number of benzene rings is 1. The number of ether oxygens (including phenoxy) is 2. The first kappa shape index (κ1) is 16.7. The van der Waals surface area contributed by atoms with Crippen LogP contribution >= 0.6 is 11.8 Å². The molecule has 4 heteroatoms. The molecular formula is C17H27NO2S.